The van der Waals surface area contributed by atoms with E-state index in [0.29, 0.717) is 10.8 Å². The van der Waals surface area contributed by atoms with E-state index in [4.69, 9.17) is 0 Å². The van der Waals surface area contributed by atoms with Crippen molar-refractivity contribution in [2.45, 2.75) is 66.2 Å². The number of allylic oxidation sites excluding steroid dienone is 2. The molecule has 3 heteroatoms. The average molecular weight is 578 g/mol. The predicted molar refractivity (Wildman–Crippen MR) is 111 cm³/mol. The first-order valence-electron chi connectivity index (χ1n) is 6.36. The molecule has 0 heterocycles. The van der Waals surface area contributed by atoms with E-state index < -0.39 is 0 Å². The van der Waals surface area contributed by atoms with Crippen molar-refractivity contribution in [3.8, 4) is 0 Å². The Kier molecular flexibility index (Phi) is 15.1. The highest BCUT2D eigenvalue weighted by Gasteiger charge is 2.34. The van der Waals surface area contributed by atoms with Crippen LogP contribution in [-0.4, -0.2) is 0 Å². The minimum absolute atomic E-state index is 0. The maximum absolute atomic E-state index is 2.53. The summed E-state index contributed by atoms with van der Waals surface area (Å²) in [4.78, 5) is 0. The average Bonchev–Trinajstić information content (AvgIpc) is 2.29. The molecular formula is C14H29I3. The monoisotopic (exact) mass is 578 g/mol. The van der Waals surface area contributed by atoms with Crippen LogP contribution < -0.4 is 0 Å². The van der Waals surface area contributed by atoms with Crippen molar-refractivity contribution in [3.05, 3.63) is 12.2 Å². The third-order valence-corrected chi connectivity index (χ3v) is 4.73. The topological polar surface area (TPSA) is 0 Å². The molecule has 1 aliphatic carbocycles. The molecule has 0 bridgehead atoms. The summed E-state index contributed by atoms with van der Waals surface area (Å²) in [5.41, 5.74) is 1.07. The summed E-state index contributed by atoms with van der Waals surface area (Å²) >= 11 is 0. The Morgan fingerprint density at radius 3 is 1.00 bits per heavy atom. The van der Waals surface area contributed by atoms with Crippen molar-refractivity contribution in [1.82, 2.24) is 0 Å². The highest BCUT2D eigenvalue weighted by atomic mass is 127. The third kappa shape index (κ3) is 5.83. The van der Waals surface area contributed by atoms with E-state index in [1.807, 2.05) is 0 Å². The van der Waals surface area contributed by atoms with Crippen molar-refractivity contribution in [3.63, 3.8) is 0 Å². The number of hydrogen-bond acceptors (Lipinski definition) is 0. The van der Waals surface area contributed by atoms with Gasteiger partial charge in [-0.15, -0.1) is 71.9 Å². The minimum atomic E-state index is 0. The second kappa shape index (κ2) is 10.7. The lowest BCUT2D eigenvalue weighted by molar-refractivity contribution is 0.206. The van der Waals surface area contributed by atoms with Gasteiger partial charge in [0.2, 0.25) is 0 Å². The quantitative estimate of drug-likeness (QED) is 0.255. The van der Waals surface area contributed by atoms with Gasteiger partial charge in [0.25, 0.3) is 0 Å². The van der Waals surface area contributed by atoms with Crippen LogP contribution in [0.1, 0.15) is 66.2 Å². The smallest absolute Gasteiger partial charge is 0.0123 e. The number of halogens is 3. The van der Waals surface area contributed by atoms with Gasteiger partial charge in [-0.3, -0.25) is 0 Å². The van der Waals surface area contributed by atoms with Crippen LogP contribution in [0, 0.1) is 10.8 Å². The fourth-order valence-electron chi connectivity index (χ4n) is 2.70. The molecule has 0 amide bonds. The molecule has 0 unspecified atom stereocenters. The van der Waals surface area contributed by atoms with Crippen LogP contribution in [0.4, 0.5) is 0 Å². The highest BCUT2D eigenvalue weighted by Crippen LogP contribution is 2.46. The Morgan fingerprint density at radius 2 is 0.882 bits per heavy atom. The summed E-state index contributed by atoms with van der Waals surface area (Å²) < 4.78 is 0. The van der Waals surface area contributed by atoms with Crippen LogP contribution in [0.2, 0.25) is 0 Å². The van der Waals surface area contributed by atoms with E-state index in [1.165, 1.54) is 38.5 Å². The first-order valence-corrected chi connectivity index (χ1v) is 6.36. The van der Waals surface area contributed by atoms with Gasteiger partial charge in [-0.05, 0) is 49.4 Å². The van der Waals surface area contributed by atoms with Crippen LogP contribution in [0.3, 0.4) is 0 Å². The second-order valence-corrected chi connectivity index (χ2v) is 4.97. The maximum Gasteiger partial charge on any atom is -0.0123 e. The standard InChI is InChI=1S/C14H26.3HI/c1-5-13(6-2)9-11-14(7-3,8-4)12-10-13;;;/h9,11H,5-8,10,12H2,1-4H3;3*1H. The van der Waals surface area contributed by atoms with E-state index in [9.17, 15) is 0 Å². The normalized spacial score (nSPS) is 19.5. The lowest BCUT2D eigenvalue weighted by atomic mass is 9.65. The predicted octanol–water partition coefficient (Wildman–Crippen LogP) is 6.80. The Balaban J connectivity index is -0.000000653. The van der Waals surface area contributed by atoms with E-state index in [-0.39, 0.29) is 71.9 Å². The van der Waals surface area contributed by atoms with Gasteiger partial charge in [-0.2, -0.15) is 0 Å². The first kappa shape index (κ1) is 24.0. The zero-order valence-corrected chi connectivity index (χ0v) is 18.6. The Bertz CT molecular complexity index is 182. The van der Waals surface area contributed by atoms with Gasteiger partial charge in [0.15, 0.2) is 0 Å². The molecule has 0 spiro atoms. The van der Waals surface area contributed by atoms with Gasteiger partial charge in [-0.1, -0.05) is 39.8 Å². The fourth-order valence-corrected chi connectivity index (χ4v) is 2.70. The van der Waals surface area contributed by atoms with Crippen molar-refractivity contribution in [2.75, 3.05) is 0 Å². The minimum Gasteiger partial charge on any atom is -0.107 e. The van der Waals surface area contributed by atoms with Crippen molar-refractivity contribution in [1.29, 1.82) is 0 Å². The molecule has 0 atom stereocenters. The summed E-state index contributed by atoms with van der Waals surface area (Å²) in [6.07, 6.45) is 13.1. The molecule has 0 radical (unpaired) electrons. The van der Waals surface area contributed by atoms with Crippen molar-refractivity contribution >= 4 is 71.9 Å². The second-order valence-electron chi connectivity index (χ2n) is 4.97. The van der Waals surface area contributed by atoms with Gasteiger partial charge < -0.3 is 0 Å². The van der Waals surface area contributed by atoms with Gasteiger partial charge in [0.05, 0.1) is 0 Å². The maximum atomic E-state index is 2.53. The SMILES string of the molecule is CCC1(CC)C=CC(CC)(CC)CC1.I.I.I. The number of hydrogen-bond donors (Lipinski definition) is 0. The Morgan fingerprint density at radius 1 is 0.647 bits per heavy atom. The molecule has 0 aromatic rings. The molecule has 0 saturated carbocycles. The molecule has 0 aliphatic heterocycles. The molecule has 0 nitrogen and oxygen atoms in total. The zero-order valence-electron chi connectivity index (χ0n) is 11.6. The molecule has 0 aromatic heterocycles. The van der Waals surface area contributed by atoms with Gasteiger partial charge in [0, 0.05) is 0 Å². The molecule has 106 valence electrons. The van der Waals surface area contributed by atoms with E-state index >= 15 is 0 Å². The highest BCUT2D eigenvalue weighted by molar-refractivity contribution is 14.0. The van der Waals surface area contributed by atoms with Gasteiger partial charge in [-0.25, -0.2) is 0 Å². The molecule has 0 saturated heterocycles. The van der Waals surface area contributed by atoms with Gasteiger partial charge in [0.1, 0.15) is 0 Å². The van der Waals surface area contributed by atoms with Crippen molar-refractivity contribution < 1.29 is 0 Å². The molecule has 1 aliphatic rings. The van der Waals surface area contributed by atoms with Crippen LogP contribution in [0.5, 0.6) is 0 Å². The fraction of sp³-hybridized carbons (Fsp3) is 0.857. The van der Waals surface area contributed by atoms with Crippen molar-refractivity contribution in [2.24, 2.45) is 10.8 Å². The molecule has 0 aromatic carbocycles. The van der Waals surface area contributed by atoms with Crippen LogP contribution in [0.25, 0.3) is 0 Å². The van der Waals surface area contributed by atoms with Crippen LogP contribution >= 0.6 is 71.9 Å². The Hall–Kier alpha value is 1.93. The van der Waals surface area contributed by atoms with Crippen LogP contribution in [-0.2, 0) is 0 Å². The summed E-state index contributed by atoms with van der Waals surface area (Å²) in [6.45, 7) is 9.33. The van der Waals surface area contributed by atoms with E-state index in [0.717, 1.165) is 0 Å². The lowest BCUT2D eigenvalue weighted by Gasteiger charge is -2.40. The molecule has 0 N–H and O–H groups in total. The largest absolute Gasteiger partial charge is 0.107 e. The number of rotatable bonds is 4. The molecule has 1 rings (SSSR count). The summed E-state index contributed by atoms with van der Waals surface area (Å²) in [5.74, 6) is 0. The Labute approximate surface area is 159 Å². The molecular weight excluding hydrogens is 549 g/mol. The summed E-state index contributed by atoms with van der Waals surface area (Å²) in [6, 6.07) is 0. The molecule has 17 heavy (non-hydrogen) atoms. The van der Waals surface area contributed by atoms with Gasteiger partial charge >= 0.3 is 0 Å². The van der Waals surface area contributed by atoms with Crippen LogP contribution in [0.15, 0.2) is 12.2 Å². The third-order valence-electron chi connectivity index (χ3n) is 4.73. The van der Waals surface area contributed by atoms with E-state index in [2.05, 4.69) is 39.8 Å². The zero-order chi connectivity index (χ0) is 10.7. The lowest BCUT2D eigenvalue weighted by Crippen LogP contribution is -2.28. The van der Waals surface area contributed by atoms with E-state index in [1.54, 1.807) is 0 Å². The summed E-state index contributed by atoms with van der Waals surface area (Å²) in [7, 11) is 0. The first-order chi connectivity index (χ1) is 6.66. The molecule has 0 fully saturated rings. The summed E-state index contributed by atoms with van der Waals surface area (Å²) in [5, 5.41) is 0.